The summed E-state index contributed by atoms with van der Waals surface area (Å²) >= 11 is 3.67. The number of thioether (sulfide) groups is 1. The third kappa shape index (κ3) is 1.50. The van der Waals surface area contributed by atoms with E-state index in [0.29, 0.717) is 0 Å². The smallest absolute Gasteiger partial charge is 0.141 e. The summed E-state index contributed by atoms with van der Waals surface area (Å²) in [6.45, 7) is 3.24. The number of aromatic nitrogens is 2. The molecule has 0 spiro atoms. The molecule has 2 aromatic heterocycles. The van der Waals surface area contributed by atoms with Crippen molar-refractivity contribution in [3.05, 3.63) is 17.3 Å². The summed E-state index contributed by atoms with van der Waals surface area (Å²) in [6, 6.07) is 0. The zero-order valence-electron chi connectivity index (χ0n) is 8.43. The van der Waals surface area contributed by atoms with Crippen molar-refractivity contribution < 1.29 is 0 Å². The van der Waals surface area contributed by atoms with Crippen molar-refractivity contribution >= 4 is 39.1 Å². The Balaban J connectivity index is 2.19. The highest BCUT2D eigenvalue weighted by Gasteiger charge is 2.18. The Morgan fingerprint density at radius 3 is 3.13 bits per heavy atom. The van der Waals surface area contributed by atoms with E-state index in [1.807, 2.05) is 11.8 Å². The number of fused-ring (bicyclic) bond motifs is 1. The number of thiophene rings is 1. The topological polar surface area (TPSA) is 29.0 Å². The highest BCUT2D eigenvalue weighted by Crippen LogP contribution is 2.32. The second kappa shape index (κ2) is 3.64. The van der Waals surface area contributed by atoms with Gasteiger partial charge in [0.05, 0.1) is 11.3 Å². The predicted molar refractivity (Wildman–Crippen MR) is 66.8 cm³/mol. The summed E-state index contributed by atoms with van der Waals surface area (Å²) in [4.78, 5) is 12.2. The molecule has 5 heteroatoms. The minimum atomic E-state index is 1.06. The quantitative estimate of drug-likeness (QED) is 0.762. The molecule has 3 heterocycles. The summed E-state index contributed by atoms with van der Waals surface area (Å²) in [5.74, 6) is 3.37. The van der Waals surface area contributed by atoms with Gasteiger partial charge in [-0.2, -0.15) is 0 Å². The van der Waals surface area contributed by atoms with E-state index in [2.05, 4.69) is 27.2 Å². The van der Waals surface area contributed by atoms with Crippen LogP contribution < -0.4 is 4.90 Å². The first-order chi connectivity index (χ1) is 7.36. The minimum absolute atomic E-state index is 1.06. The maximum atomic E-state index is 4.43. The van der Waals surface area contributed by atoms with E-state index in [1.54, 1.807) is 17.7 Å². The van der Waals surface area contributed by atoms with Gasteiger partial charge in [0.2, 0.25) is 0 Å². The summed E-state index contributed by atoms with van der Waals surface area (Å²) in [5.41, 5.74) is 1.29. The average Bonchev–Trinajstić information content (AvgIpc) is 2.88. The van der Waals surface area contributed by atoms with Gasteiger partial charge in [-0.1, -0.05) is 0 Å². The molecule has 0 bridgehead atoms. The first kappa shape index (κ1) is 9.42. The number of aryl methyl sites for hydroxylation is 1. The molecule has 1 aliphatic heterocycles. The van der Waals surface area contributed by atoms with Crippen LogP contribution in [0.3, 0.4) is 0 Å². The molecular weight excluding hydrogens is 226 g/mol. The number of nitrogens with zero attached hydrogens (tertiary/aromatic N) is 3. The van der Waals surface area contributed by atoms with Crippen LogP contribution >= 0.6 is 23.1 Å². The first-order valence-electron chi connectivity index (χ1n) is 4.88. The van der Waals surface area contributed by atoms with Gasteiger partial charge in [-0.05, 0) is 17.9 Å². The van der Waals surface area contributed by atoms with Crippen LogP contribution in [0.2, 0.25) is 0 Å². The largest absolute Gasteiger partial charge is 0.346 e. The SMILES string of the molecule is Cc1csc2ncnc(N3CCSC3)c12. The van der Waals surface area contributed by atoms with Gasteiger partial charge in [0, 0.05) is 12.3 Å². The molecule has 2 aromatic rings. The Morgan fingerprint density at radius 1 is 1.40 bits per heavy atom. The van der Waals surface area contributed by atoms with Gasteiger partial charge in [0.15, 0.2) is 0 Å². The van der Waals surface area contributed by atoms with Gasteiger partial charge in [-0.3, -0.25) is 0 Å². The molecule has 3 nitrogen and oxygen atoms in total. The van der Waals surface area contributed by atoms with Crippen LogP contribution in [0.15, 0.2) is 11.7 Å². The van der Waals surface area contributed by atoms with E-state index in [4.69, 9.17) is 0 Å². The number of anilines is 1. The zero-order valence-corrected chi connectivity index (χ0v) is 10.1. The van der Waals surface area contributed by atoms with Crippen LogP contribution in [0.4, 0.5) is 5.82 Å². The van der Waals surface area contributed by atoms with Gasteiger partial charge < -0.3 is 4.90 Å². The fourth-order valence-corrected chi connectivity index (χ4v) is 3.65. The molecule has 0 saturated carbocycles. The molecule has 78 valence electrons. The third-order valence-electron chi connectivity index (χ3n) is 2.59. The molecule has 3 rings (SSSR count). The lowest BCUT2D eigenvalue weighted by Crippen LogP contribution is -2.19. The molecule has 0 atom stereocenters. The van der Waals surface area contributed by atoms with Crippen LogP contribution in [0.1, 0.15) is 5.56 Å². The van der Waals surface area contributed by atoms with E-state index in [1.165, 1.54) is 16.7 Å². The molecule has 1 fully saturated rings. The second-order valence-corrected chi connectivity index (χ2v) is 5.53. The van der Waals surface area contributed by atoms with Crippen molar-refractivity contribution in [3.8, 4) is 0 Å². The van der Waals surface area contributed by atoms with Crippen LogP contribution in [0.25, 0.3) is 10.2 Å². The molecule has 0 unspecified atom stereocenters. The van der Waals surface area contributed by atoms with Crippen molar-refractivity contribution in [1.29, 1.82) is 0 Å². The van der Waals surface area contributed by atoms with E-state index >= 15 is 0 Å². The molecule has 1 saturated heterocycles. The van der Waals surface area contributed by atoms with E-state index in [9.17, 15) is 0 Å². The van der Waals surface area contributed by atoms with Gasteiger partial charge in [-0.15, -0.1) is 23.1 Å². The van der Waals surface area contributed by atoms with Gasteiger partial charge >= 0.3 is 0 Å². The Bertz CT molecular complexity index is 488. The Hall–Kier alpha value is -0.810. The normalized spacial score (nSPS) is 16.5. The van der Waals surface area contributed by atoms with Crippen LogP contribution in [-0.4, -0.2) is 28.1 Å². The highest BCUT2D eigenvalue weighted by atomic mass is 32.2. The van der Waals surface area contributed by atoms with Crippen molar-refractivity contribution in [1.82, 2.24) is 9.97 Å². The van der Waals surface area contributed by atoms with Crippen molar-refractivity contribution in [2.75, 3.05) is 23.1 Å². The Labute approximate surface area is 96.5 Å². The minimum Gasteiger partial charge on any atom is -0.346 e. The molecule has 0 aliphatic carbocycles. The van der Waals surface area contributed by atoms with Crippen molar-refractivity contribution in [2.45, 2.75) is 6.92 Å². The monoisotopic (exact) mass is 237 g/mol. The molecule has 0 amide bonds. The second-order valence-electron chi connectivity index (χ2n) is 3.60. The standard InChI is InChI=1S/C10H11N3S2/c1-7-4-15-10-8(7)9(11-5-12-10)13-2-3-14-6-13/h4-5H,2-3,6H2,1H3. The lowest BCUT2D eigenvalue weighted by Gasteiger charge is -2.16. The highest BCUT2D eigenvalue weighted by molar-refractivity contribution is 7.99. The summed E-state index contributed by atoms with van der Waals surface area (Å²) in [7, 11) is 0. The van der Waals surface area contributed by atoms with Gasteiger partial charge in [0.25, 0.3) is 0 Å². The Kier molecular flexibility index (Phi) is 2.29. The molecule has 0 N–H and O–H groups in total. The predicted octanol–water partition coefficient (Wildman–Crippen LogP) is 2.51. The lowest BCUT2D eigenvalue weighted by atomic mass is 10.2. The lowest BCUT2D eigenvalue weighted by molar-refractivity contribution is 0.961. The first-order valence-corrected chi connectivity index (χ1v) is 6.91. The number of hydrogen-bond donors (Lipinski definition) is 0. The van der Waals surface area contributed by atoms with Crippen molar-refractivity contribution in [2.24, 2.45) is 0 Å². The number of rotatable bonds is 1. The summed E-state index contributed by atoms with van der Waals surface area (Å²) < 4.78 is 0. The van der Waals surface area contributed by atoms with E-state index < -0.39 is 0 Å². The molecule has 15 heavy (non-hydrogen) atoms. The third-order valence-corrected chi connectivity index (χ3v) is 4.56. The molecule has 1 aliphatic rings. The fraction of sp³-hybridized carbons (Fsp3) is 0.400. The van der Waals surface area contributed by atoms with Gasteiger partial charge in [-0.25, -0.2) is 9.97 Å². The zero-order chi connectivity index (χ0) is 10.3. The Morgan fingerprint density at radius 2 is 2.33 bits per heavy atom. The van der Waals surface area contributed by atoms with Crippen LogP contribution in [0.5, 0.6) is 0 Å². The van der Waals surface area contributed by atoms with Crippen LogP contribution in [-0.2, 0) is 0 Å². The molecule has 0 radical (unpaired) electrons. The van der Waals surface area contributed by atoms with Crippen LogP contribution in [0, 0.1) is 6.92 Å². The fourth-order valence-electron chi connectivity index (χ4n) is 1.82. The maximum Gasteiger partial charge on any atom is 0.141 e. The molecule has 0 aromatic carbocycles. The van der Waals surface area contributed by atoms with Crippen molar-refractivity contribution in [3.63, 3.8) is 0 Å². The summed E-state index contributed by atoms with van der Waals surface area (Å²) in [6.07, 6.45) is 1.68. The van der Waals surface area contributed by atoms with E-state index in [0.717, 1.165) is 23.1 Å². The molecular formula is C10H11N3S2. The van der Waals surface area contributed by atoms with E-state index in [-0.39, 0.29) is 0 Å². The summed E-state index contributed by atoms with van der Waals surface area (Å²) in [5, 5.41) is 3.40. The average molecular weight is 237 g/mol. The maximum absolute atomic E-state index is 4.43. The number of hydrogen-bond acceptors (Lipinski definition) is 5. The van der Waals surface area contributed by atoms with Gasteiger partial charge in [0.1, 0.15) is 17.0 Å².